The fraction of sp³-hybridized carbons (Fsp3) is 0. The zero-order chi connectivity index (χ0) is 24.2. The number of nitrogens with zero attached hydrogens (tertiary/aromatic N) is 3. The van der Waals surface area contributed by atoms with Crippen LogP contribution in [-0.2, 0) is 0 Å². The second-order valence-corrected chi connectivity index (χ2v) is 8.79. The first-order chi connectivity index (χ1) is 17.8. The molecule has 2 aromatic heterocycles. The van der Waals surface area contributed by atoms with E-state index in [-0.39, 0.29) is 0 Å². The molecule has 0 saturated carbocycles. The summed E-state index contributed by atoms with van der Waals surface area (Å²) in [6, 6.07) is 36.7. The Morgan fingerprint density at radius 1 is 0.722 bits per heavy atom. The first-order valence-electron chi connectivity index (χ1n) is 11.6. The maximum absolute atomic E-state index is 9.66. The van der Waals surface area contributed by atoms with Gasteiger partial charge in [-0.3, -0.25) is 0 Å². The van der Waals surface area contributed by atoms with Crippen molar-refractivity contribution in [2.75, 3.05) is 0 Å². The van der Waals surface area contributed by atoms with Crippen LogP contribution in [0.5, 0.6) is 0 Å². The Morgan fingerprint density at radius 3 is 2.36 bits per heavy atom. The van der Waals surface area contributed by atoms with Gasteiger partial charge in [0.25, 0.3) is 0 Å². The van der Waals surface area contributed by atoms with E-state index in [0.717, 1.165) is 60.6 Å². The molecule has 4 heteroatoms. The first kappa shape index (κ1) is 20.1. The van der Waals surface area contributed by atoms with Crippen LogP contribution in [-0.4, -0.2) is 4.57 Å². The van der Waals surface area contributed by atoms with Gasteiger partial charge >= 0.3 is 0 Å². The molecule has 7 aromatic rings. The maximum Gasteiger partial charge on any atom is 0.204 e. The van der Waals surface area contributed by atoms with Gasteiger partial charge < -0.3 is 8.98 Å². The molecule has 0 unspecified atom stereocenters. The fourth-order valence-electron chi connectivity index (χ4n) is 5.22. The van der Waals surface area contributed by atoms with Crippen LogP contribution in [0.1, 0.15) is 5.56 Å². The van der Waals surface area contributed by atoms with Crippen LogP contribution in [0.2, 0.25) is 0 Å². The second kappa shape index (κ2) is 7.60. The van der Waals surface area contributed by atoms with E-state index in [1.54, 1.807) is 12.1 Å². The molecule has 0 amide bonds. The van der Waals surface area contributed by atoms with E-state index in [1.165, 1.54) is 0 Å². The predicted octanol–water partition coefficient (Wildman–Crippen LogP) is 8.77. The molecule has 166 valence electrons. The summed E-state index contributed by atoms with van der Waals surface area (Å²) in [5, 5.41) is 13.9. The number of nitriles is 1. The molecular formula is C32H17N3O. The monoisotopic (exact) mass is 459 g/mol. The first-order valence-corrected chi connectivity index (χ1v) is 11.6. The summed E-state index contributed by atoms with van der Waals surface area (Å²) in [6.45, 7) is 7.40. The summed E-state index contributed by atoms with van der Waals surface area (Å²) in [4.78, 5) is 3.50. The number of hydrogen-bond donors (Lipinski definition) is 0. The van der Waals surface area contributed by atoms with Crippen LogP contribution in [0, 0.1) is 17.9 Å². The Bertz CT molecular complexity index is 2060. The molecule has 0 atom stereocenters. The lowest BCUT2D eigenvalue weighted by atomic mass is 10.0. The number of fused-ring (bicyclic) bond motifs is 7. The number of hydrogen-bond acceptors (Lipinski definition) is 2. The fourth-order valence-corrected chi connectivity index (χ4v) is 5.22. The van der Waals surface area contributed by atoms with E-state index >= 15 is 0 Å². The highest BCUT2D eigenvalue weighted by Gasteiger charge is 2.19. The third-order valence-electron chi connectivity index (χ3n) is 6.86. The highest BCUT2D eigenvalue weighted by Crippen LogP contribution is 2.42. The zero-order valence-corrected chi connectivity index (χ0v) is 19.1. The lowest BCUT2D eigenvalue weighted by molar-refractivity contribution is 0.673. The summed E-state index contributed by atoms with van der Waals surface area (Å²) in [5.74, 6) is 0. The van der Waals surface area contributed by atoms with Crippen LogP contribution in [0.4, 0.5) is 5.69 Å². The molecule has 0 fully saturated rings. The molecule has 0 saturated heterocycles. The van der Waals surface area contributed by atoms with Gasteiger partial charge in [-0.15, -0.1) is 0 Å². The predicted molar refractivity (Wildman–Crippen MR) is 144 cm³/mol. The highest BCUT2D eigenvalue weighted by atomic mass is 16.3. The zero-order valence-electron chi connectivity index (χ0n) is 19.1. The van der Waals surface area contributed by atoms with Gasteiger partial charge in [0.05, 0.1) is 34.6 Å². The molecule has 0 aliphatic rings. The minimum absolute atomic E-state index is 0.355. The minimum Gasteiger partial charge on any atom is -0.455 e. The van der Waals surface area contributed by atoms with Crippen molar-refractivity contribution >= 4 is 49.4 Å². The Kier molecular flexibility index (Phi) is 4.24. The van der Waals surface area contributed by atoms with Gasteiger partial charge in [-0.05, 0) is 53.6 Å². The third kappa shape index (κ3) is 2.79. The number of aromatic nitrogens is 1. The van der Waals surface area contributed by atoms with Gasteiger partial charge in [0.15, 0.2) is 0 Å². The number of para-hydroxylation sites is 1. The van der Waals surface area contributed by atoms with E-state index in [4.69, 9.17) is 11.0 Å². The smallest absolute Gasteiger partial charge is 0.204 e. The lowest BCUT2D eigenvalue weighted by Gasteiger charge is -2.09. The molecule has 0 bridgehead atoms. The average Bonchev–Trinajstić information content (AvgIpc) is 3.48. The summed E-state index contributed by atoms with van der Waals surface area (Å²) >= 11 is 0. The third-order valence-corrected chi connectivity index (χ3v) is 6.86. The van der Waals surface area contributed by atoms with Crippen LogP contribution < -0.4 is 0 Å². The summed E-state index contributed by atoms with van der Waals surface area (Å²) in [6.07, 6.45) is 0. The van der Waals surface area contributed by atoms with E-state index in [0.29, 0.717) is 11.3 Å². The van der Waals surface area contributed by atoms with Gasteiger partial charge in [0.2, 0.25) is 5.69 Å². The van der Waals surface area contributed by atoms with Crippen molar-refractivity contribution in [1.82, 2.24) is 4.57 Å². The maximum atomic E-state index is 9.66. The van der Waals surface area contributed by atoms with Crippen molar-refractivity contribution < 1.29 is 4.42 Å². The normalized spacial score (nSPS) is 11.3. The molecular weight excluding hydrogens is 442 g/mol. The van der Waals surface area contributed by atoms with Gasteiger partial charge in [-0.2, -0.15) is 5.26 Å². The molecule has 0 radical (unpaired) electrons. The van der Waals surface area contributed by atoms with Crippen molar-refractivity contribution in [2.45, 2.75) is 0 Å². The van der Waals surface area contributed by atoms with Crippen molar-refractivity contribution in [3.05, 3.63) is 120 Å². The topological polar surface area (TPSA) is 46.2 Å². The van der Waals surface area contributed by atoms with E-state index in [1.807, 2.05) is 42.5 Å². The standard InChI is InChI=1S/C32H17N3O/c1-34-27-14-12-23(17-22(27)19-33)35-28-15-11-21(20-7-3-2-4-8-20)18-26(28)31-29(35)16-13-25-24-9-5-6-10-30(24)36-32(25)31/h2-18H. The van der Waals surface area contributed by atoms with Crippen molar-refractivity contribution in [1.29, 1.82) is 5.26 Å². The van der Waals surface area contributed by atoms with Crippen LogP contribution in [0.25, 0.3) is 65.4 Å². The number of rotatable bonds is 2. The van der Waals surface area contributed by atoms with E-state index < -0.39 is 0 Å². The van der Waals surface area contributed by atoms with Crippen molar-refractivity contribution in [3.63, 3.8) is 0 Å². The highest BCUT2D eigenvalue weighted by molar-refractivity contribution is 6.24. The Morgan fingerprint density at radius 2 is 1.53 bits per heavy atom. The summed E-state index contributed by atoms with van der Waals surface area (Å²) in [5.41, 5.74) is 7.52. The summed E-state index contributed by atoms with van der Waals surface area (Å²) in [7, 11) is 0. The molecule has 0 N–H and O–H groups in total. The molecule has 0 aliphatic heterocycles. The molecule has 7 rings (SSSR count). The van der Waals surface area contributed by atoms with Gasteiger partial charge in [0.1, 0.15) is 11.2 Å². The Labute approximate surface area is 206 Å². The molecule has 2 heterocycles. The average molecular weight is 460 g/mol. The Balaban J connectivity index is 1.64. The largest absolute Gasteiger partial charge is 0.455 e. The number of benzene rings is 5. The SMILES string of the molecule is [C-]#[N+]c1ccc(-n2c3ccc(-c4ccccc4)cc3c3c4oc5ccccc5c4ccc32)cc1C#N. The lowest BCUT2D eigenvalue weighted by Crippen LogP contribution is -1.94. The Hall–Kier alpha value is -5.32. The minimum atomic E-state index is 0.355. The number of furan rings is 1. The molecule has 4 nitrogen and oxygen atoms in total. The van der Waals surface area contributed by atoms with Crippen LogP contribution in [0.15, 0.2) is 108 Å². The van der Waals surface area contributed by atoms with Crippen LogP contribution >= 0.6 is 0 Å². The summed E-state index contributed by atoms with van der Waals surface area (Å²) < 4.78 is 8.60. The van der Waals surface area contributed by atoms with Gasteiger partial charge in [-0.25, -0.2) is 4.85 Å². The molecule has 36 heavy (non-hydrogen) atoms. The molecule has 0 spiro atoms. The van der Waals surface area contributed by atoms with Crippen molar-refractivity contribution in [3.8, 4) is 22.9 Å². The van der Waals surface area contributed by atoms with E-state index in [2.05, 4.69) is 64.0 Å². The van der Waals surface area contributed by atoms with Gasteiger partial charge in [-0.1, -0.05) is 60.7 Å². The van der Waals surface area contributed by atoms with E-state index in [9.17, 15) is 5.26 Å². The van der Waals surface area contributed by atoms with Gasteiger partial charge in [0, 0.05) is 21.8 Å². The van der Waals surface area contributed by atoms with Crippen LogP contribution in [0.3, 0.4) is 0 Å². The molecule has 0 aliphatic carbocycles. The molecule has 5 aromatic carbocycles. The van der Waals surface area contributed by atoms with Crippen molar-refractivity contribution in [2.24, 2.45) is 0 Å². The second-order valence-electron chi connectivity index (χ2n) is 8.79. The quantitative estimate of drug-likeness (QED) is 0.243.